The zero-order chi connectivity index (χ0) is 13.0. The first-order chi connectivity index (χ1) is 8.66. The summed E-state index contributed by atoms with van der Waals surface area (Å²) < 4.78 is 1.85. The fourth-order valence-corrected chi connectivity index (χ4v) is 2.49. The predicted molar refractivity (Wildman–Crippen MR) is 70.1 cm³/mol. The van der Waals surface area contributed by atoms with Gasteiger partial charge >= 0.3 is 0 Å². The number of carbonyl (C=O) groups is 1. The van der Waals surface area contributed by atoms with Crippen molar-refractivity contribution in [3.05, 3.63) is 18.0 Å². The fraction of sp³-hybridized carbons (Fsp3) is 0.692. The summed E-state index contributed by atoms with van der Waals surface area (Å²) in [6, 6.07) is 1.99. The molecule has 0 bridgehead atoms. The molecule has 1 amide bonds. The molecule has 0 radical (unpaired) electrons. The summed E-state index contributed by atoms with van der Waals surface area (Å²) in [5, 5.41) is 7.14. The molecule has 0 spiro atoms. The number of likely N-dealkylation sites (tertiary alicyclic amines) is 1. The van der Waals surface area contributed by atoms with Gasteiger partial charge in [-0.3, -0.25) is 9.48 Å². The second kappa shape index (κ2) is 6.00. The maximum absolute atomic E-state index is 12.0. The molecule has 0 saturated carbocycles. The Hall–Kier alpha value is -1.36. The van der Waals surface area contributed by atoms with E-state index < -0.39 is 0 Å². The van der Waals surface area contributed by atoms with E-state index in [2.05, 4.69) is 22.4 Å². The molecule has 1 aliphatic rings. The Morgan fingerprint density at radius 3 is 3.06 bits per heavy atom. The van der Waals surface area contributed by atoms with Crippen molar-refractivity contribution in [2.45, 2.75) is 19.3 Å². The highest BCUT2D eigenvalue weighted by Crippen LogP contribution is 2.14. The smallest absolute Gasteiger partial charge is 0.224 e. The Morgan fingerprint density at radius 1 is 1.56 bits per heavy atom. The lowest BCUT2D eigenvalue weighted by molar-refractivity contribution is -0.126. The molecule has 0 unspecified atom stereocenters. The average Bonchev–Trinajstić information content (AvgIpc) is 2.75. The normalized spacial score (nSPS) is 20.9. The van der Waals surface area contributed by atoms with E-state index in [1.165, 1.54) is 0 Å². The van der Waals surface area contributed by atoms with Crippen LogP contribution in [-0.4, -0.2) is 47.3 Å². The van der Waals surface area contributed by atoms with E-state index in [9.17, 15) is 4.79 Å². The minimum absolute atomic E-state index is 0.162. The third kappa shape index (κ3) is 3.32. The fourth-order valence-electron chi connectivity index (χ4n) is 2.49. The van der Waals surface area contributed by atoms with Gasteiger partial charge in [0.1, 0.15) is 0 Å². The summed E-state index contributed by atoms with van der Waals surface area (Å²) in [4.78, 5) is 14.2. The van der Waals surface area contributed by atoms with E-state index in [0.29, 0.717) is 6.54 Å². The maximum Gasteiger partial charge on any atom is 0.224 e. The van der Waals surface area contributed by atoms with Crippen LogP contribution in [0.25, 0.3) is 0 Å². The van der Waals surface area contributed by atoms with Crippen molar-refractivity contribution < 1.29 is 4.79 Å². The number of amides is 1. The van der Waals surface area contributed by atoms with Gasteiger partial charge in [0.05, 0.1) is 5.92 Å². The maximum atomic E-state index is 12.0. The summed E-state index contributed by atoms with van der Waals surface area (Å²) in [6.45, 7) is 2.69. The number of aryl methyl sites for hydroxylation is 1. The molecule has 2 rings (SSSR count). The van der Waals surface area contributed by atoms with Gasteiger partial charge in [0.25, 0.3) is 0 Å². The molecule has 100 valence electrons. The van der Waals surface area contributed by atoms with Gasteiger partial charge in [-0.05, 0) is 32.5 Å². The second-order valence-corrected chi connectivity index (χ2v) is 5.09. The molecule has 18 heavy (non-hydrogen) atoms. The van der Waals surface area contributed by atoms with E-state index in [0.717, 1.165) is 38.0 Å². The molecule has 1 aromatic rings. The van der Waals surface area contributed by atoms with E-state index >= 15 is 0 Å². The highest BCUT2D eigenvalue weighted by molar-refractivity contribution is 5.78. The number of piperidine rings is 1. The lowest BCUT2D eigenvalue weighted by Gasteiger charge is -2.28. The molecule has 0 aliphatic carbocycles. The van der Waals surface area contributed by atoms with Crippen LogP contribution in [0.1, 0.15) is 18.5 Å². The predicted octanol–water partition coefficient (Wildman–Crippen LogP) is 0.421. The van der Waals surface area contributed by atoms with Gasteiger partial charge in [-0.25, -0.2) is 0 Å². The van der Waals surface area contributed by atoms with Crippen molar-refractivity contribution in [3.8, 4) is 0 Å². The second-order valence-electron chi connectivity index (χ2n) is 5.09. The van der Waals surface area contributed by atoms with Crippen LogP contribution < -0.4 is 5.32 Å². The number of nitrogens with one attached hydrogen (secondary N) is 1. The van der Waals surface area contributed by atoms with Crippen LogP contribution in [0.15, 0.2) is 12.3 Å². The van der Waals surface area contributed by atoms with Crippen LogP contribution in [0.4, 0.5) is 0 Å². The summed E-state index contributed by atoms with van der Waals surface area (Å²) in [6.07, 6.45) is 4.76. The van der Waals surface area contributed by atoms with Gasteiger partial charge in [-0.1, -0.05) is 0 Å². The first-order valence-electron chi connectivity index (χ1n) is 6.60. The van der Waals surface area contributed by atoms with Gasteiger partial charge in [0, 0.05) is 38.4 Å². The summed E-state index contributed by atoms with van der Waals surface area (Å²) in [5.41, 5.74) is 1.15. The summed E-state index contributed by atoms with van der Waals surface area (Å²) >= 11 is 0. The summed E-state index contributed by atoms with van der Waals surface area (Å²) in [5.74, 6) is 0.360. The SMILES string of the molecule is CN1CCC[C@H](C(=O)NCCc2ccnn2C)C1. The van der Waals surface area contributed by atoms with Crippen molar-refractivity contribution >= 4 is 5.91 Å². The zero-order valence-electron chi connectivity index (χ0n) is 11.2. The molecule has 5 heteroatoms. The Labute approximate surface area is 108 Å². The number of nitrogens with zero attached hydrogens (tertiary/aromatic N) is 3. The highest BCUT2D eigenvalue weighted by atomic mass is 16.1. The number of carbonyl (C=O) groups excluding carboxylic acids is 1. The monoisotopic (exact) mass is 250 g/mol. The lowest BCUT2D eigenvalue weighted by Crippen LogP contribution is -2.41. The van der Waals surface area contributed by atoms with Gasteiger partial charge < -0.3 is 10.2 Å². The molecule has 1 fully saturated rings. The summed E-state index contributed by atoms with van der Waals surface area (Å²) in [7, 11) is 4.00. The quantitative estimate of drug-likeness (QED) is 0.842. The van der Waals surface area contributed by atoms with Crippen LogP contribution in [0.2, 0.25) is 0 Å². The highest BCUT2D eigenvalue weighted by Gasteiger charge is 2.23. The third-order valence-corrected chi connectivity index (χ3v) is 3.60. The standard InChI is InChI=1S/C13H22N4O/c1-16-9-3-4-11(10-16)13(18)14-7-5-12-6-8-15-17(12)2/h6,8,11H,3-5,7,9-10H2,1-2H3,(H,14,18)/t11-/m0/s1. The van der Waals surface area contributed by atoms with E-state index in [-0.39, 0.29) is 11.8 Å². The van der Waals surface area contributed by atoms with Crippen molar-refractivity contribution in [1.82, 2.24) is 20.0 Å². The number of aromatic nitrogens is 2. The van der Waals surface area contributed by atoms with Crippen molar-refractivity contribution in [2.75, 3.05) is 26.7 Å². The van der Waals surface area contributed by atoms with E-state index in [1.54, 1.807) is 6.20 Å². The van der Waals surface area contributed by atoms with Crippen molar-refractivity contribution in [1.29, 1.82) is 0 Å². The third-order valence-electron chi connectivity index (χ3n) is 3.60. The Morgan fingerprint density at radius 2 is 2.39 bits per heavy atom. The molecule has 1 aromatic heterocycles. The minimum Gasteiger partial charge on any atom is -0.355 e. The average molecular weight is 250 g/mol. The Kier molecular flexibility index (Phi) is 4.36. The number of rotatable bonds is 4. The van der Waals surface area contributed by atoms with Crippen LogP contribution in [0, 0.1) is 5.92 Å². The Balaban J connectivity index is 1.73. The minimum atomic E-state index is 0.162. The lowest BCUT2D eigenvalue weighted by atomic mass is 9.97. The zero-order valence-corrected chi connectivity index (χ0v) is 11.2. The molecular formula is C13H22N4O. The number of hydrogen-bond donors (Lipinski definition) is 1. The van der Waals surface area contributed by atoms with Crippen molar-refractivity contribution in [3.63, 3.8) is 0 Å². The molecule has 1 N–H and O–H groups in total. The van der Waals surface area contributed by atoms with Gasteiger partial charge in [0.2, 0.25) is 5.91 Å². The molecular weight excluding hydrogens is 228 g/mol. The van der Waals surface area contributed by atoms with Crippen molar-refractivity contribution in [2.24, 2.45) is 13.0 Å². The van der Waals surface area contributed by atoms with Gasteiger partial charge in [0.15, 0.2) is 0 Å². The van der Waals surface area contributed by atoms with Gasteiger partial charge in [-0.2, -0.15) is 5.10 Å². The first kappa shape index (κ1) is 13.1. The molecule has 1 saturated heterocycles. The van der Waals surface area contributed by atoms with E-state index in [1.807, 2.05) is 17.8 Å². The molecule has 0 aromatic carbocycles. The first-order valence-corrected chi connectivity index (χ1v) is 6.60. The van der Waals surface area contributed by atoms with Crippen LogP contribution in [0.3, 0.4) is 0 Å². The molecule has 2 heterocycles. The molecule has 5 nitrogen and oxygen atoms in total. The molecule has 1 aliphatic heterocycles. The largest absolute Gasteiger partial charge is 0.355 e. The Bertz CT molecular complexity index is 401. The number of hydrogen-bond acceptors (Lipinski definition) is 3. The van der Waals surface area contributed by atoms with Crippen LogP contribution in [-0.2, 0) is 18.3 Å². The molecule has 1 atom stereocenters. The topological polar surface area (TPSA) is 50.2 Å². The van der Waals surface area contributed by atoms with Gasteiger partial charge in [-0.15, -0.1) is 0 Å². The van der Waals surface area contributed by atoms with Crippen LogP contribution >= 0.6 is 0 Å². The van der Waals surface area contributed by atoms with Crippen LogP contribution in [0.5, 0.6) is 0 Å². The van der Waals surface area contributed by atoms with E-state index in [4.69, 9.17) is 0 Å².